The standard InChI is InChI=1S/C91H168N2O11/c1-8-12-16-20-32-44-56-80(82(58-46-34-22-18-14-10-3)62-50-38-26-30-42-54-66-88(96)103-77-76-101-75-74-100-7)60-48-36-24-28-40-52-64-86(94)92-72-73-93-87(95)65-53-41-29-25-37-49-61-81(57-45-33-21-17-13-9-2)83(59-47-35-23-19-15-11-4)63-51-39-27-31-43-55-67-89(97)104-79-78-102-85-70-68-84(69-71-85)90(98)91(5,6)99/h68-71,80-83,99H,8-67,72-79H2,1-7H3,(H,92,94)(H,93,95). The summed E-state index contributed by atoms with van der Waals surface area (Å²) in [4.78, 5) is 62.5. The van der Waals surface area contributed by atoms with E-state index in [0.29, 0.717) is 76.5 Å². The van der Waals surface area contributed by atoms with E-state index in [4.69, 9.17) is 23.7 Å². The van der Waals surface area contributed by atoms with E-state index >= 15 is 0 Å². The number of carbonyl (C=O) groups is 5. The first-order valence-corrected chi connectivity index (χ1v) is 44.7. The molecule has 0 aliphatic rings. The molecule has 0 radical (unpaired) electrons. The minimum Gasteiger partial charge on any atom is -0.490 e. The van der Waals surface area contributed by atoms with Crippen molar-refractivity contribution in [2.24, 2.45) is 23.7 Å². The topological polar surface area (TPSA) is 176 Å². The molecule has 0 fully saturated rings. The number of ether oxygens (including phenoxy) is 5. The second-order valence-electron chi connectivity index (χ2n) is 31.9. The lowest BCUT2D eigenvalue weighted by Gasteiger charge is -2.28. The number of unbranched alkanes of at least 4 members (excludes halogenated alkanes) is 40. The van der Waals surface area contributed by atoms with Gasteiger partial charge in [-0.2, -0.15) is 0 Å². The van der Waals surface area contributed by atoms with E-state index in [0.717, 1.165) is 81.5 Å². The molecule has 0 saturated heterocycles. The number of esters is 2. The smallest absolute Gasteiger partial charge is 0.305 e. The zero-order chi connectivity index (χ0) is 75.7. The average Bonchev–Trinajstić information content (AvgIpc) is 0.854. The number of benzene rings is 1. The van der Waals surface area contributed by atoms with Crippen LogP contribution in [-0.4, -0.2) is 100 Å². The molecule has 1 aromatic carbocycles. The van der Waals surface area contributed by atoms with Crippen LogP contribution in [0.2, 0.25) is 0 Å². The maximum absolute atomic E-state index is 12.8. The van der Waals surface area contributed by atoms with Crippen molar-refractivity contribution in [2.75, 3.05) is 59.8 Å². The second kappa shape index (κ2) is 73.6. The fraction of sp³-hybridized carbons (Fsp3) is 0.879. The molecule has 4 unspecified atom stereocenters. The molecule has 0 aromatic heterocycles. The zero-order valence-corrected chi connectivity index (χ0v) is 69.2. The lowest BCUT2D eigenvalue weighted by molar-refractivity contribution is -0.146. The fourth-order valence-electron chi connectivity index (χ4n) is 15.3. The van der Waals surface area contributed by atoms with Crippen molar-refractivity contribution in [3.63, 3.8) is 0 Å². The Morgan fingerprint density at radius 3 is 0.885 bits per heavy atom. The lowest BCUT2D eigenvalue weighted by Crippen LogP contribution is -2.34. The number of ketones is 1. The number of rotatable bonds is 81. The number of nitrogens with one attached hydrogen (secondary N) is 2. The van der Waals surface area contributed by atoms with E-state index in [2.05, 4.69) is 38.3 Å². The number of Topliss-reactive ketones (excluding diaryl/α,β-unsaturated/α-hetero) is 1. The Labute approximate surface area is 641 Å². The fourth-order valence-corrected chi connectivity index (χ4v) is 15.3. The molecule has 1 aromatic rings. The molecule has 2 amide bonds. The van der Waals surface area contributed by atoms with Crippen LogP contribution >= 0.6 is 0 Å². The first-order valence-electron chi connectivity index (χ1n) is 44.7. The first-order chi connectivity index (χ1) is 50.8. The molecular weight excluding hydrogens is 1300 g/mol. The second-order valence-corrected chi connectivity index (χ2v) is 31.9. The van der Waals surface area contributed by atoms with Crippen LogP contribution in [0.5, 0.6) is 5.75 Å². The zero-order valence-electron chi connectivity index (χ0n) is 69.2. The normalized spacial score (nSPS) is 12.8. The molecular formula is C91H168N2O11. The van der Waals surface area contributed by atoms with Gasteiger partial charge >= 0.3 is 11.9 Å². The Balaban J connectivity index is 2.46. The summed E-state index contributed by atoms with van der Waals surface area (Å²) < 4.78 is 26.9. The summed E-state index contributed by atoms with van der Waals surface area (Å²) in [6.45, 7) is 15.4. The van der Waals surface area contributed by atoms with E-state index in [1.807, 2.05) is 0 Å². The van der Waals surface area contributed by atoms with Crippen LogP contribution in [0.4, 0.5) is 0 Å². The van der Waals surface area contributed by atoms with E-state index in [1.54, 1.807) is 31.4 Å². The molecule has 608 valence electrons. The SMILES string of the molecule is CCCCCCCCC(CCCCCCCCC(=O)NCCNC(=O)CCCCCCCCC(CCCCCCCC)C(CCCCCCCC)CCCCCCCCC(=O)OCCOc1ccc(C(=O)C(C)(C)O)cc1)C(CCCCCCCC)CCCCCCCCC(=O)OCCOCCOC. The molecule has 0 aliphatic carbocycles. The van der Waals surface area contributed by atoms with Gasteiger partial charge in [0.15, 0.2) is 5.78 Å². The molecule has 0 bridgehead atoms. The van der Waals surface area contributed by atoms with E-state index in [9.17, 15) is 29.1 Å². The molecule has 0 saturated carbocycles. The first kappa shape index (κ1) is 98.5. The summed E-state index contributed by atoms with van der Waals surface area (Å²) in [5.41, 5.74) is -1.01. The Kier molecular flexibility index (Phi) is 69.7. The summed E-state index contributed by atoms with van der Waals surface area (Å²) in [5.74, 6) is 3.51. The number of hydrogen-bond acceptors (Lipinski definition) is 11. The van der Waals surface area contributed by atoms with Crippen molar-refractivity contribution in [1.82, 2.24) is 10.6 Å². The summed E-state index contributed by atoms with van der Waals surface area (Å²) in [6, 6.07) is 6.66. The van der Waals surface area contributed by atoms with Gasteiger partial charge in [0.1, 0.15) is 31.2 Å². The molecule has 3 N–H and O–H groups in total. The molecule has 104 heavy (non-hydrogen) atoms. The Hall–Kier alpha value is -3.55. The number of aliphatic hydroxyl groups is 1. The third kappa shape index (κ3) is 62.4. The van der Waals surface area contributed by atoms with Crippen LogP contribution in [-0.2, 0) is 38.1 Å². The van der Waals surface area contributed by atoms with Gasteiger partial charge in [0.2, 0.25) is 11.8 Å². The highest BCUT2D eigenvalue weighted by Crippen LogP contribution is 2.36. The average molecular weight is 1470 g/mol. The van der Waals surface area contributed by atoms with Gasteiger partial charge in [0.25, 0.3) is 0 Å². The summed E-state index contributed by atoms with van der Waals surface area (Å²) in [5, 5.41) is 16.1. The maximum Gasteiger partial charge on any atom is 0.305 e. The van der Waals surface area contributed by atoms with Crippen LogP contribution in [0.25, 0.3) is 0 Å². The molecule has 1 rings (SSSR count). The highest BCUT2D eigenvalue weighted by atomic mass is 16.6. The van der Waals surface area contributed by atoms with Gasteiger partial charge in [-0.25, -0.2) is 0 Å². The van der Waals surface area contributed by atoms with Crippen LogP contribution in [0.15, 0.2) is 24.3 Å². The molecule has 0 aliphatic heterocycles. The highest BCUT2D eigenvalue weighted by molar-refractivity contribution is 6.01. The van der Waals surface area contributed by atoms with Gasteiger partial charge < -0.3 is 39.4 Å². The molecule has 4 atom stereocenters. The van der Waals surface area contributed by atoms with Crippen molar-refractivity contribution in [2.45, 2.75) is 432 Å². The van der Waals surface area contributed by atoms with Crippen molar-refractivity contribution in [3.05, 3.63) is 29.8 Å². The minimum absolute atomic E-state index is 0.104. The van der Waals surface area contributed by atoms with Gasteiger partial charge in [-0.15, -0.1) is 0 Å². The van der Waals surface area contributed by atoms with Crippen molar-refractivity contribution >= 4 is 29.5 Å². The Morgan fingerprint density at radius 2 is 0.596 bits per heavy atom. The number of methoxy groups -OCH3 is 1. The summed E-state index contributed by atoms with van der Waals surface area (Å²) in [6.07, 6.45) is 74.0. The Bertz CT molecular complexity index is 2080. The largest absolute Gasteiger partial charge is 0.490 e. The predicted octanol–water partition coefficient (Wildman–Crippen LogP) is 25.0. The molecule has 13 heteroatoms. The number of amides is 2. The third-order valence-electron chi connectivity index (χ3n) is 21.9. The van der Waals surface area contributed by atoms with Crippen LogP contribution in [0.1, 0.15) is 437 Å². The van der Waals surface area contributed by atoms with Gasteiger partial charge in [-0.1, -0.05) is 362 Å². The number of carbonyl (C=O) groups excluding carboxylic acids is 5. The lowest BCUT2D eigenvalue weighted by atomic mass is 9.78. The van der Waals surface area contributed by atoms with E-state index < -0.39 is 5.60 Å². The van der Waals surface area contributed by atoms with Gasteiger partial charge in [-0.05, 0) is 87.5 Å². The molecule has 13 nitrogen and oxygen atoms in total. The highest BCUT2D eigenvalue weighted by Gasteiger charge is 2.26. The van der Waals surface area contributed by atoms with Crippen molar-refractivity contribution < 1.29 is 52.8 Å². The molecule has 0 heterocycles. The minimum atomic E-state index is -1.43. The maximum atomic E-state index is 12.8. The van der Waals surface area contributed by atoms with Gasteiger partial charge in [0, 0.05) is 51.4 Å². The van der Waals surface area contributed by atoms with Crippen molar-refractivity contribution in [1.29, 1.82) is 0 Å². The monoisotopic (exact) mass is 1470 g/mol. The quantitative estimate of drug-likeness (QED) is 0.0321. The predicted molar refractivity (Wildman–Crippen MR) is 437 cm³/mol. The Morgan fingerprint density at radius 1 is 0.337 bits per heavy atom. The summed E-state index contributed by atoms with van der Waals surface area (Å²) >= 11 is 0. The third-order valence-corrected chi connectivity index (χ3v) is 21.9. The molecule has 0 spiro atoms. The van der Waals surface area contributed by atoms with E-state index in [-0.39, 0.29) is 42.7 Å². The van der Waals surface area contributed by atoms with Crippen LogP contribution < -0.4 is 15.4 Å². The van der Waals surface area contributed by atoms with Crippen molar-refractivity contribution in [3.8, 4) is 5.75 Å². The van der Waals surface area contributed by atoms with Gasteiger partial charge in [0.05, 0.1) is 19.8 Å². The van der Waals surface area contributed by atoms with E-state index in [1.165, 1.54) is 316 Å². The van der Waals surface area contributed by atoms with Crippen LogP contribution in [0.3, 0.4) is 0 Å². The number of hydrogen-bond donors (Lipinski definition) is 3. The van der Waals surface area contributed by atoms with Crippen LogP contribution in [0, 0.1) is 23.7 Å². The summed E-state index contributed by atoms with van der Waals surface area (Å²) in [7, 11) is 1.65. The van der Waals surface area contributed by atoms with Gasteiger partial charge in [-0.3, -0.25) is 24.0 Å².